The molecule has 0 amide bonds. The first kappa shape index (κ1) is 16.7. The zero-order chi connectivity index (χ0) is 19.3. The molecule has 0 bridgehead atoms. The maximum atomic E-state index is 6.11. The smallest absolute Gasteiger partial charge is 0.153 e. The molecule has 28 heavy (non-hydrogen) atoms. The summed E-state index contributed by atoms with van der Waals surface area (Å²) in [6.45, 7) is 5.81. The number of nitrogens with one attached hydrogen (secondary N) is 1. The number of aromatic nitrogens is 6. The molecule has 0 unspecified atom stereocenters. The molecule has 5 rings (SSSR count). The van der Waals surface area contributed by atoms with Gasteiger partial charge in [-0.1, -0.05) is 13.8 Å². The van der Waals surface area contributed by atoms with Crippen LogP contribution in [-0.2, 0) is 19.5 Å². The maximum Gasteiger partial charge on any atom is 0.153 e. The fourth-order valence-corrected chi connectivity index (χ4v) is 3.61. The average Bonchev–Trinajstić information content (AvgIpc) is 3.23. The summed E-state index contributed by atoms with van der Waals surface area (Å²) in [5, 5.41) is 9.92. The summed E-state index contributed by atoms with van der Waals surface area (Å²) in [5.41, 5.74) is 8.28. The summed E-state index contributed by atoms with van der Waals surface area (Å²) >= 11 is 0. The van der Waals surface area contributed by atoms with E-state index in [0.717, 1.165) is 46.9 Å². The van der Waals surface area contributed by atoms with E-state index in [0.29, 0.717) is 18.3 Å². The van der Waals surface area contributed by atoms with Crippen molar-refractivity contribution in [1.29, 1.82) is 0 Å². The van der Waals surface area contributed by atoms with Crippen LogP contribution >= 0.6 is 0 Å². The third-order valence-electron chi connectivity index (χ3n) is 5.18. The highest BCUT2D eigenvalue weighted by Crippen LogP contribution is 2.26. The lowest BCUT2D eigenvalue weighted by Crippen LogP contribution is -2.06. The van der Waals surface area contributed by atoms with Gasteiger partial charge >= 0.3 is 0 Å². The average molecular weight is 374 g/mol. The highest BCUT2D eigenvalue weighted by atomic mass is 15.3. The van der Waals surface area contributed by atoms with E-state index in [2.05, 4.69) is 50.8 Å². The van der Waals surface area contributed by atoms with Gasteiger partial charge in [-0.25, -0.2) is 15.0 Å². The van der Waals surface area contributed by atoms with E-state index in [-0.39, 0.29) is 0 Å². The molecular formula is C20H22N8. The Balaban J connectivity index is 1.45. The van der Waals surface area contributed by atoms with Gasteiger partial charge in [0.05, 0.1) is 6.54 Å². The van der Waals surface area contributed by atoms with Crippen molar-refractivity contribution in [3.8, 4) is 0 Å². The van der Waals surface area contributed by atoms with Crippen LogP contribution in [0.25, 0.3) is 10.8 Å². The monoisotopic (exact) mass is 374 g/mol. The highest BCUT2D eigenvalue weighted by Gasteiger charge is 2.16. The predicted molar refractivity (Wildman–Crippen MR) is 109 cm³/mol. The summed E-state index contributed by atoms with van der Waals surface area (Å²) in [6.07, 6.45) is 6.55. The van der Waals surface area contributed by atoms with E-state index in [1.165, 1.54) is 5.69 Å². The number of rotatable bonds is 3. The van der Waals surface area contributed by atoms with Crippen LogP contribution in [0.2, 0.25) is 0 Å². The molecule has 142 valence electrons. The first-order valence-electron chi connectivity index (χ1n) is 9.47. The lowest BCUT2D eigenvalue weighted by molar-refractivity contribution is 0.641. The Bertz CT molecular complexity index is 1170. The number of hydrogen-bond donors (Lipinski definition) is 2. The van der Waals surface area contributed by atoms with E-state index in [9.17, 15) is 0 Å². The molecule has 0 saturated carbocycles. The van der Waals surface area contributed by atoms with Crippen LogP contribution in [0, 0.1) is 0 Å². The molecular weight excluding hydrogens is 352 g/mol. The summed E-state index contributed by atoms with van der Waals surface area (Å²) in [4.78, 5) is 13.4. The Hall–Kier alpha value is -3.42. The van der Waals surface area contributed by atoms with E-state index in [1.54, 1.807) is 6.20 Å². The molecule has 0 radical (unpaired) electrons. The Morgan fingerprint density at radius 2 is 2.04 bits per heavy atom. The molecule has 4 aromatic heterocycles. The van der Waals surface area contributed by atoms with Crippen molar-refractivity contribution in [3.63, 3.8) is 0 Å². The van der Waals surface area contributed by atoms with Gasteiger partial charge in [0.2, 0.25) is 0 Å². The van der Waals surface area contributed by atoms with Crippen LogP contribution in [0.15, 0.2) is 36.8 Å². The number of pyridine rings is 2. The van der Waals surface area contributed by atoms with Gasteiger partial charge in [-0.2, -0.15) is 5.10 Å². The van der Waals surface area contributed by atoms with Crippen LogP contribution in [0.4, 0.5) is 17.5 Å². The summed E-state index contributed by atoms with van der Waals surface area (Å²) < 4.78 is 4.19. The maximum absolute atomic E-state index is 6.11. The molecule has 5 heterocycles. The SMILES string of the molecule is CC(C)c1cc2cc(Nc3cc4n(n3)Cc3nccn3CC4)ncc2c(N)n1. The van der Waals surface area contributed by atoms with E-state index in [1.807, 2.05) is 23.1 Å². The van der Waals surface area contributed by atoms with Crippen molar-refractivity contribution < 1.29 is 0 Å². The summed E-state index contributed by atoms with van der Waals surface area (Å²) in [5.74, 6) is 3.38. The van der Waals surface area contributed by atoms with E-state index >= 15 is 0 Å². The minimum absolute atomic E-state index is 0.313. The quantitative estimate of drug-likeness (QED) is 0.572. The van der Waals surface area contributed by atoms with Crippen molar-refractivity contribution in [2.45, 2.75) is 39.3 Å². The standard InChI is InChI=1S/C20H22N8/c1-12(2)16-7-13-8-17(23-10-15(13)20(21)24-16)25-18-9-14-3-5-27-6-4-22-19(27)11-28(14)26-18/h4,6-10,12H,3,5,11H2,1-2H3,(H2,21,24)(H,23,25,26). The first-order chi connectivity index (χ1) is 13.6. The van der Waals surface area contributed by atoms with Crippen LogP contribution < -0.4 is 11.1 Å². The van der Waals surface area contributed by atoms with Crippen molar-refractivity contribution in [1.82, 2.24) is 29.3 Å². The second kappa shape index (κ2) is 6.33. The van der Waals surface area contributed by atoms with Crippen LogP contribution in [0.1, 0.15) is 37.0 Å². The van der Waals surface area contributed by atoms with Crippen LogP contribution in [0.3, 0.4) is 0 Å². The molecule has 0 aliphatic carbocycles. The Kier molecular flexibility index (Phi) is 3.78. The third-order valence-corrected chi connectivity index (χ3v) is 5.18. The number of aryl methyl sites for hydroxylation is 2. The number of imidazole rings is 1. The fraction of sp³-hybridized carbons (Fsp3) is 0.300. The lowest BCUT2D eigenvalue weighted by atomic mass is 10.1. The Morgan fingerprint density at radius 3 is 2.89 bits per heavy atom. The molecule has 0 spiro atoms. The number of nitrogens with two attached hydrogens (primary N) is 1. The van der Waals surface area contributed by atoms with Gasteiger partial charge in [0, 0.05) is 54.4 Å². The first-order valence-corrected chi connectivity index (χ1v) is 9.47. The van der Waals surface area contributed by atoms with E-state index < -0.39 is 0 Å². The molecule has 1 aliphatic heterocycles. The number of fused-ring (bicyclic) bond motifs is 3. The summed E-state index contributed by atoms with van der Waals surface area (Å²) in [6, 6.07) is 6.15. The summed E-state index contributed by atoms with van der Waals surface area (Å²) in [7, 11) is 0. The number of hydrogen-bond acceptors (Lipinski definition) is 6. The molecule has 0 fully saturated rings. The molecule has 0 saturated heterocycles. The molecule has 4 aromatic rings. The zero-order valence-corrected chi connectivity index (χ0v) is 15.9. The van der Waals surface area contributed by atoms with Crippen molar-refractivity contribution >= 4 is 28.2 Å². The molecule has 3 N–H and O–H groups in total. The number of anilines is 3. The van der Waals surface area contributed by atoms with Gasteiger partial charge in [0.1, 0.15) is 17.5 Å². The zero-order valence-electron chi connectivity index (χ0n) is 15.9. The van der Waals surface area contributed by atoms with Gasteiger partial charge in [0.15, 0.2) is 5.82 Å². The minimum Gasteiger partial charge on any atom is -0.383 e. The molecule has 1 aliphatic rings. The molecule has 0 aromatic carbocycles. The Morgan fingerprint density at radius 1 is 1.14 bits per heavy atom. The lowest BCUT2D eigenvalue weighted by Gasteiger charge is -2.10. The van der Waals surface area contributed by atoms with Crippen molar-refractivity contribution in [2.24, 2.45) is 0 Å². The molecule has 8 heteroatoms. The largest absolute Gasteiger partial charge is 0.383 e. The second-order valence-electron chi connectivity index (χ2n) is 7.47. The van der Waals surface area contributed by atoms with Gasteiger partial charge in [0.25, 0.3) is 0 Å². The van der Waals surface area contributed by atoms with Gasteiger partial charge < -0.3 is 15.6 Å². The minimum atomic E-state index is 0.313. The van der Waals surface area contributed by atoms with Crippen LogP contribution in [-0.4, -0.2) is 29.3 Å². The number of nitrogen functional groups attached to an aromatic ring is 1. The number of nitrogens with zero attached hydrogens (tertiary/aromatic N) is 6. The second-order valence-corrected chi connectivity index (χ2v) is 7.47. The van der Waals surface area contributed by atoms with Crippen molar-refractivity contribution in [2.75, 3.05) is 11.1 Å². The fourth-order valence-electron chi connectivity index (χ4n) is 3.61. The van der Waals surface area contributed by atoms with E-state index in [4.69, 9.17) is 10.8 Å². The van der Waals surface area contributed by atoms with Gasteiger partial charge in [-0.3, -0.25) is 4.68 Å². The highest BCUT2D eigenvalue weighted by molar-refractivity contribution is 5.92. The Labute approximate surface area is 162 Å². The van der Waals surface area contributed by atoms with Crippen LogP contribution in [0.5, 0.6) is 0 Å². The normalized spacial score (nSPS) is 13.4. The molecule has 0 atom stereocenters. The predicted octanol–water partition coefficient (Wildman–Crippen LogP) is 3.08. The topological polar surface area (TPSA) is 99.5 Å². The van der Waals surface area contributed by atoms with Gasteiger partial charge in [-0.05, 0) is 23.4 Å². The van der Waals surface area contributed by atoms with Crippen molar-refractivity contribution in [3.05, 3.63) is 54.0 Å². The third kappa shape index (κ3) is 2.87. The van der Waals surface area contributed by atoms with Gasteiger partial charge in [-0.15, -0.1) is 0 Å². The molecule has 8 nitrogen and oxygen atoms in total.